The molecule has 1 aliphatic carbocycles. The van der Waals surface area contributed by atoms with Crippen molar-refractivity contribution in [2.24, 2.45) is 0 Å². The summed E-state index contributed by atoms with van der Waals surface area (Å²) in [6, 6.07) is 15.8. The van der Waals surface area contributed by atoms with Crippen LogP contribution in [0.15, 0.2) is 36.4 Å². The van der Waals surface area contributed by atoms with Crippen molar-refractivity contribution in [2.75, 3.05) is 0 Å². The van der Waals surface area contributed by atoms with Gasteiger partial charge >= 0.3 is 0 Å². The molecular formula is C15H8N2. The average molecular weight is 216 g/mol. The van der Waals surface area contributed by atoms with Crippen molar-refractivity contribution in [3.05, 3.63) is 58.7 Å². The molecule has 3 rings (SSSR count). The van der Waals surface area contributed by atoms with Gasteiger partial charge in [-0.1, -0.05) is 18.2 Å². The summed E-state index contributed by atoms with van der Waals surface area (Å²) in [6.07, 6.45) is 0.853. The van der Waals surface area contributed by atoms with Crippen LogP contribution in [0.3, 0.4) is 0 Å². The monoisotopic (exact) mass is 216 g/mol. The Balaban J connectivity index is 2.33. The number of benzene rings is 2. The van der Waals surface area contributed by atoms with Gasteiger partial charge in [-0.3, -0.25) is 0 Å². The molecule has 0 aromatic heterocycles. The topological polar surface area (TPSA) is 47.6 Å². The van der Waals surface area contributed by atoms with Gasteiger partial charge in [0.05, 0.1) is 23.3 Å². The van der Waals surface area contributed by atoms with E-state index in [4.69, 9.17) is 10.5 Å². The average Bonchev–Trinajstić information content (AvgIpc) is 2.75. The molecule has 0 saturated heterocycles. The maximum Gasteiger partial charge on any atom is 0.0998 e. The van der Waals surface area contributed by atoms with E-state index in [0.717, 1.165) is 17.5 Å². The van der Waals surface area contributed by atoms with Crippen LogP contribution in [0.5, 0.6) is 0 Å². The van der Waals surface area contributed by atoms with Crippen LogP contribution in [0.25, 0.3) is 11.1 Å². The summed E-state index contributed by atoms with van der Waals surface area (Å²) in [6.45, 7) is 0. The van der Waals surface area contributed by atoms with Gasteiger partial charge in [0.2, 0.25) is 0 Å². The number of hydrogen-bond acceptors (Lipinski definition) is 2. The van der Waals surface area contributed by atoms with Crippen LogP contribution in [0.4, 0.5) is 0 Å². The minimum atomic E-state index is 0.643. The Kier molecular flexibility index (Phi) is 1.97. The third-order valence-corrected chi connectivity index (χ3v) is 3.16. The van der Waals surface area contributed by atoms with Crippen molar-refractivity contribution in [3.8, 4) is 23.3 Å². The Labute approximate surface area is 99.4 Å². The van der Waals surface area contributed by atoms with Crippen molar-refractivity contribution in [3.63, 3.8) is 0 Å². The Morgan fingerprint density at radius 2 is 1.82 bits per heavy atom. The molecule has 0 amide bonds. The van der Waals surface area contributed by atoms with Crippen LogP contribution >= 0.6 is 0 Å². The normalized spacial score (nSPS) is 11.2. The molecule has 0 spiro atoms. The highest BCUT2D eigenvalue weighted by molar-refractivity contribution is 5.82. The number of nitriles is 2. The van der Waals surface area contributed by atoms with Crippen molar-refractivity contribution in [1.82, 2.24) is 0 Å². The summed E-state index contributed by atoms with van der Waals surface area (Å²) in [7, 11) is 0. The van der Waals surface area contributed by atoms with E-state index in [-0.39, 0.29) is 0 Å². The highest BCUT2D eigenvalue weighted by Crippen LogP contribution is 2.39. The summed E-state index contributed by atoms with van der Waals surface area (Å²) >= 11 is 0. The van der Waals surface area contributed by atoms with Crippen molar-refractivity contribution >= 4 is 0 Å². The van der Waals surface area contributed by atoms with Crippen LogP contribution < -0.4 is 0 Å². The third kappa shape index (κ3) is 1.32. The Bertz CT molecular complexity index is 700. The van der Waals surface area contributed by atoms with Crippen LogP contribution in [-0.2, 0) is 6.42 Å². The van der Waals surface area contributed by atoms with Crippen molar-refractivity contribution in [2.45, 2.75) is 6.42 Å². The predicted octanol–water partition coefficient (Wildman–Crippen LogP) is 3.00. The van der Waals surface area contributed by atoms with Gasteiger partial charge in [-0.15, -0.1) is 0 Å². The van der Waals surface area contributed by atoms with Crippen molar-refractivity contribution < 1.29 is 0 Å². The fourth-order valence-corrected chi connectivity index (χ4v) is 2.40. The summed E-state index contributed by atoms with van der Waals surface area (Å²) in [5, 5.41) is 18.1. The van der Waals surface area contributed by atoms with Gasteiger partial charge in [-0.2, -0.15) is 10.5 Å². The minimum absolute atomic E-state index is 0.643. The van der Waals surface area contributed by atoms with E-state index in [9.17, 15) is 0 Å². The summed E-state index contributed by atoms with van der Waals surface area (Å²) in [5.74, 6) is 0. The molecule has 1 aliphatic rings. The number of rotatable bonds is 0. The first-order chi connectivity index (χ1) is 8.33. The van der Waals surface area contributed by atoms with E-state index in [0.29, 0.717) is 11.1 Å². The SMILES string of the molecule is N#Cc1ccc2c(c1)-c1c(C#N)cccc1C2. The molecule has 17 heavy (non-hydrogen) atoms. The molecule has 2 aromatic carbocycles. The van der Waals surface area contributed by atoms with Gasteiger partial charge in [-0.05, 0) is 41.3 Å². The van der Waals surface area contributed by atoms with Crippen LogP contribution in [0.2, 0.25) is 0 Å². The lowest BCUT2D eigenvalue weighted by Crippen LogP contribution is -1.84. The van der Waals surface area contributed by atoms with Gasteiger partial charge in [0, 0.05) is 5.56 Å². The Hall–Kier alpha value is -2.58. The standard InChI is InChI=1S/C15H8N2/c16-8-10-4-5-11-7-12-2-1-3-13(9-17)15(12)14(11)6-10/h1-6H,7H2. The molecule has 0 atom stereocenters. The molecule has 2 nitrogen and oxygen atoms in total. The first kappa shape index (κ1) is 9.63. The zero-order chi connectivity index (χ0) is 11.8. The Morgan fingerprint density at radius 1 is 0.941 bits per heavy atom. The van der Waals surface area contributed by atoms with E-state index in [2.05, 4.69) is 12.1 Å². The fraction of sp³-hybridized carbons (Fsp3) is 0.0667. The summed E-state index contributed by atoms with van der Waals surface area (Å²) in [4.78, 5) is 0. The highest BCUT2D eigenvalue weighted by atomic mass is 14.3. The van der Waals surface area contributed by atoms with Crippen LogP contribution in [-0.4, -0.2) is 0 Å². The van der Waals surface area contributed by atoms with Crippen LogP contribution in [0.1, 0.15) is 22.3 Å². The Morgan fingerprint density at radius 3 is 2.59 bits per heavy atom. The molecule has 0 unspecified atom stereocenters. The maximum atomic E-state index is 9.14. The van der Waals surface area contributed by atoms with Gasteiger partial charge < -0.3 is 0 Å². The molecule has 0 bridgehead atoms. The zero-order valence-electron chi connectivity index (χ0n) is 9.07. The molecular weight excluding hydrogens is 208 g/mol. The molecule has 0 aliphatic heterocycles. The smallest absolute Gasteiger partial charge is 0.0998 e. The number of hydrogen-bond donors (Lipinski definition) is 0. The van der Waals surface area contributed by atoms with Gasteiger partial charge in [0.1, 0.15) is 0 Å². The lowest BCUT2D eigenvalue weighted by atomic mass is 9.99. The number of fused-ring (bicyclic) bond motifs is 3. The van der Waals surface area contributed by atoms with Gasteiger partial charge in [-0.25, -0.2) is 0 Å². The predicted molar refractivity (Wildman–Crippen MR) is 64.1 cm³/mol. The molecule has 0 saturated carbocycles. The largest absolute Gasteiger partial charge is 0.192 e. The highest BCUT2D eigenvalue weighted by Gasteiger charge is 2.21. The third-order valence-electron chi connectivity index (χ3n) is 3.16. The number of nitrogens with zero attached hydrogens (tertiary/aromatic N) is 2. The first-order valence-corrected chi connectivity index (χ1v) is 5.39. The summed E-state index contributed by atoms with van der Waals surface area (Å²) in [5.41, 5.74) is 5.75. The molecule has 0 radical (unpaired) electrons. The van der Waals surface area contributed by atoms with Gasteiger partial charge in [0.15, 0.2) is 0 Å². The molecule has 2 heteroatoms. The summed E-state index contributed by atoms with van der Waals surface area (Å²) < 4.78 is 0. The maximum absolute atomic E-state index is 9.14. The lowest BCUT2D eigenvalue weighted by Gasteiger charge is -2.03. The van der Waals surface area contributed by atoms with E-state index in [1.165, 1.54) is 11.1 Å². The molecule has 0 N–H and O–H groups in total. The van der Waals surface area contributed by atoms with Crippen molar-refractivity contribution in [1.29, 1.82) is 10.5 Å². The molecule has 78 valence electrons. The lowest BCUT2D eigenvalue weighted by molar-refractivity contribution is 1.26. The second-order valence-corrected chi connectivity index (χ2v) is 4.11. The molecule has 2 aromatic rings. The second kappa shape index (κ2) is 3.47. The minimum Gasteiger partial charge on any atom is -0.192 e. The molecule has 0 fully saturated rings. The van der Waals surface area contributed by atoms with E-state index in [1.54, 1.807) is 0 Å². The molecule has 0 heterocycles. The van der Waals surface area contributed by atoms with E-state index in [1.807, 2.05) is 36.4 Å². The van der Waals surface area contributed by atoms with E-state index >= 15 is 0 Å². The quantitative estimate of drug-likeness (QED) is 0.580. The van der Waals surface area contributed by atoms with Gasteiger partial charge in [0.25, 0.3) is 0 Å². The second-order valence-electron chi connectivity index (χ2n) is 4.11. The zero-order valence-corrected chi connectivity index (χ0v) is 9.07. The van der Waals surface area contributed by atoms with Crippen LogP contribution in [0, 0.1) is 22.7 Å². The van der Waals surface area contributed by atoms with E-state index < -0.39 is 0 Å². The first-order valence-electron chi connectivity index (χ1n) is 5.39. The fourth-order valence-electron chi connectivity index (χ4n) is 2.40.